The van der Waals surface area contributed by atoms with E-state index in [0.717, 1.165) is 23.5 Å². The normalized spacial score (nSPS) is 12.3. The predicted molar refractivity (Wildman–Crippen MR) is 56.8 cm³/mol. The summed E-state index contributed by atoms with van der Waals surface area (Å²) in [5.74, 6) is 1.63. The molecule has 2 N–H and O–H groups in total. The highest BCUT2D eigenvalue weighted by atomic mass is 16.5. The van der Waals surface area contributed by atoms with Crippen LogP contribution in [0, 0.1) is 0 Å². The topological polar surface area (TPSA) is 44.5 Å². The molecule has 0 amide bonds. The lowest BCUT2D eigenvalue weighted by molar-refractivity contribution is 0.394. The van der Waals surface area contributed by atoms with E-state index in [2.05, 4.69) is 0 Å². The zero-order chi connectivity index (χ0) is 10.6. The average Bonchev–Trinajstić information content (AvgIpc) is 2.27. The van der Waals surface area contributed by atoms with Crippen molar-refractivity contribution in [3.8, 4) is 11.5 Å². The zero-order valence-corrected chi connectivity index (χ0v) is 8.91. The molecule has 0 bridgehead atoms. The van der Waals surface area contributed by atoms with Gasteiger partial charge in [-0.3, -0.25) is 0 Å². The average molecular weight is 195 g/mol. The molecule has 0 saturated carbocycles. The van der Waals surface area contributed by atoms with Crippen molar-refractivity contribution in [2.75, 3.05) is 14.2 Å². The molecule has 0 aromatic heterocycles. The summed E-state index contributed by atoms with van der Waals surface area (Å²) < 4.78 is 10.4. The van der Waals surface area contributed by atoms with Gasteiger partial charge in [-0.25, -0.2) is 0 Å². The SMILES string of the molecule is CC[C@@H](N)c1cc(OC)ccc1OC. The number of ether oxygens (including phenoxy) is 2. The van der Waals surface area contributed by atoms with Crippen LogP contribution in [0.2, 0.25) is 0 Å². The van der Waals surface area contributed by atoms with Crippen LogP contribution < -0.4 is 15.2 Å². The maximum Gasteiger partial charge on any atom is 0.123 e. The van der Waals surface area contributed by atoms with Crippen molar-refractivity contribution >= 4 is 0 Å². The molecule has 0 heterocycles. The molecule has 3 heteroatoms. The van der Waals surface area contributed by atoms with Gasteiger partial charge in [-0.15, -0.1) is 0 Å². The van der Waals surface area contributed by atoms with Crippen LogP contribution in [0.4, 0.5) is 0 Å². The van der Waals surface area contributed by atoms with Crippen LogP contribution in [0.25, 0.3) is 0 Å². The number of nitrogens with two attached hydrogens (primary N) is 1. The first-order chi connectivity index (χ1) is 6.72. The number of rotatable bonds is 4. The molecule has 1 aromatic rings. The van der Waals surface area contributed by atoms with Crippen LogP contribution in [0.15, 0.2) is 18.2 Å². The molecule has 0 aliphatic rings. The molecule has 0 aliphatic heterocycles. The monoisotopic (exact) mass is 195 g/mol. The van der Waals surface area contributed by atoms with Gasteiger partial charge in [0.15, 0.2) is 0 Å². The molecule has 1 rings (SSSR count). The Morgan fingerprint density at radius 2 is 2.00 bits per heavy atom. The molecule has 3 nitrogen and oxygen atoms in total. The van der Waals surface area contributed by atoms with E-state index in [-0.39, 0.29) is 6.04 Å². The van der Waals surface area contributed by atoms with Gasteiger partial charge in [0.05, 0.1) is 14.2 Å². The first-order valence-electron chi connectivity index (χ1n) is 4.70. The summed E-state index contributed by atoms with van der Waals surface area (Å²) in [6.07, 6.45) is 0.878. The van der Waals surface area contributed by atoms with E-state index < -0.39 is 0 Å². The molecule has 0 radical (unpaired) electrons. The molecule has 0 unspecified atom stereocenters. The van der Waals surface area contributed by atoms with Gasteiger partial charge in [0, 0.05) is 11.6 Å². The molecule has 1 aromatic carbocycles. The summed E-state index contributed by atoms with van der Waals surface area (Å²) in [5, 5.41) is 0. The Kier molecular flexibility index (Phi) is 3.77. The van der Waals surface area contributed by atoms with Crippen molar-refractivity contribution in [2.24, 2.45) is 5.73 Å². The van der Waals surface area contributed by atoms with E-state index in [0.29, 0.717) is 0 Å². The molecule has 0 saturated heterocycles. The lowest BCUT2D eigenvalue weighted by atomic mass is 10.0. The Balaban J connectivity index is 3.08. The minimum absolute atomic E-state index is 0.0000463. The highest BCUT2D eigenvalue weighted by Gasteiger charge is 2.10. The third kappa shape index (κ3) is 2.17. The second-order valence-electron chi connectivity index (χ2n) is 3.12. The molecular weight excluding hydrogens is 178 g/mol. The molecule has 1 atom stereocenters. The first kappa shape index (κ1) is 10.9. The van der Waals surface area contributed by atoms with E-state index in [1.807, 2.05) is 25.1 Å². The second kappa shape index (κ2) is 4.86. The standard InChI is InChI=1S/C11H17NO2/c1-4-10(12)9-7-8(13-2)5-6-11(9)14-3/h5-7,10H,4,12H2,1-3H3/t10-/m1/s1. The summed E-state index contributed by atoms with van der Waals surface area (Å²) in [4.78, 5) is 0. The van der Waals surface area contributed by atoms with Gasteiger partial charge in [0.25, 0.3) is 0 Å². The van der Waals surface area contributed by atoms with Crippen molar-refractivity contribution in [1.82, 2.24) is 0 Å². The van der Waals surface area contributed by atoms with E-state index in [4.69, 9.17) is 15.2 Å². The fourth-order valence-electron chi connectivity index (χ4n) is 1.35. The molecule has 0 spiro atoms. The Morgan fingerprint density at radius 1 is 1.29 bits per heavy atom. The van der Waals surface area contributed by atoms with Crippen molar-refractivity contribution in [2.45, 2.75) is 19.4 Å². The van der Waals surface area contributed by atoms with Crippen LogP contribution in [-0.2, 0) is 0 Å². The molecule has 0 aliphatic carbocycles. The lowest BCUT2D eigenvalue weighted by Crippen LogP contribution is -2.10. The highest BCUT2D eigenvalue weighted by Crippen LogP contribution is 2.29. The molecular formula is C11H17NO2. The van der Waals surface area contributed by atoms with Crippen LogP contribution in [0.5, 0.6) is 11.5 Å². The summed E-state index contributed by atoms with van der Waals surface area (Å²) in [5.41, 5.74) is 6.95. The lowest BCUT2D eigenvalue weighted by Gasteiger charge is -2.14. The van der Waals surface area contributed by atoms with Crippen molar-refractivity contribution in [1.29, 1.82) is 0 Å². The number of hydrogen-bond donors (Lipinski definition) is 1. The fourth-order valence-corrected chi connectivity index (χ4v) is 1.35. The number of hydrogen-bond acceptors (Lipinski definition) is 3. The van der Waals surface area contributed by atoms with Gasteiger partial charge in [-0.2, -0.15) is 0 Å². The highest BCUT2D eigenvalue weighted by molar-refractivity contribution is 5.42. The maximum absolute atomic E-state index is 5.96. The summed E-state index contributed by atoms with van der Waals surface area (Å²) in [6, 6.07) is 5.67. The predicted octanol–water partition coefficient (Wildman–Crippen LogP) is 2.11. The maximum atomic E-state index is 5.96. The second-order valence-corrected chi connectivity index (χ2v) is 3.12. The van der Waals surface area contributed by atoms with Crippen LogP contribution in [0.3, 0.4) is 0 Å². The van der Waals surface area contributed by atoms with Crippen molar-refractivity contribution < 1.29 is 9.47 Å². The van der Waals surface area contributed by atoms with E-state index in [1.165, 1.54) is 0 Å². The Morgan fingerprint density at radius 3 is 2.50 bits per heavy atom. The quantitative estimate of drug-likeness (QED) is 0.800. The van der Waals surface area contributed by atoms with Gasteiger partial charge < -0.3 is 15.2 Å². The van der Waals surface area contributed by atoms with Gasteiger partial charge in [0.2, 0.25) is 0 Å². The Bertz CT molecular complexity index is 299. The van der Waals surface area contributed by atoms with E-state index in [1.54, 1.807) is 14.2 Å². The molecule has 78 valence electrons. The van der Waals surface area contributed by atoms with Gasteiger partial charge in [0.1, 0.15) is 11.5 Å². The van der Waals surface area contributed by atoms with Crippen LogP contribution >= 0.6 is 0 Å². The Hall–Kier alpha value is -1.22. The van der Waals surface area contributed by atoms with Crippen LogP contribution in [-0.4, -0.2) is 14.2 Å². The minimum Gasteiger partial charge on any atom is -0.497 e. The summed E-state index contributed by atoms with van der Waals surface area (Å²) in [7, 11) is 3.29. The number of benzene rings is 1. The van der Waals surface area contributed by atoms with Crippen molar-refractivity contribution in [3.63, 3.8) is 0 Å². The number of methoxy groups -OCH3 is 2. The van der Waals surface area contributed by atoms with E-state index in [9.17, 15) is 0 Å². The van der Waals surface area contributed by atoms with Gasteiger partial charge in [-0.05, 0) is 24.6 Å². The summed E-state index contributed by atoms with van der Waals surface area (Å²) >= 11 is 0. The third-order valence-electron chi connectivity index (χ3n) is 2.28. The third-order valence-corrected chi connectivity index (χ3v) is 2.28. The van der Waals surface area contributed by atoms with E-state index >= 15 is 0 Å². The first-order valence-corrected chi connectivity index (χ1v) is 4.70. The van der Waals surface area contributed by atoms with Crippen molar-refractivity contribution in [3.05, 3.63) is 23.8 Å². The van der Waals surface area contributed by atoms with Gasteiger partial charge in [-0.1, -0.05) is 6.92 Å². The molecule has 0 fully saturated rings. The smallest absolute Gasteiger partial charge is 0.123 e. The fraction of sp³-hybridized carbons (Fsp3) is 0.455. The Labute approximate surface area is 84.8 Å². The summed E-state index contributed by atoms with van der Waals surface area (Å²) in [6.45, 7) is 2.05. The largest absolute Gasteiger partial charge is 0.497 e. The van der Waals surface area contributed by atoms with Gasteiger partial charge >= 0.3 is 0 Å². The zero-order valence-electron chi connectivity index (χ0n) is 8.91. The minimum atomic E-state index is 0.0000463. The van der Waals surface area contributed by atoms with Crippen LogP contribution in [0.1, 0.15) is 24.9 Å². The molecule has 14 heavy (non-hydrogen) atoms.